The first-order chi connectivity index (χ1) is 9.75. The summed E-state index contributed by atoms with van der Waals surface area (Å²) >= 11 is 0. The molecule has 0 bridgehead atoms. The van der Waals surface area contributed by atoms with Crippen LogP contribution in [-0.2, 0) is 24.8 Å². The van der Waals surface area contributed by atoms with Crippen LogP contribution in [0.1, 0.15) is 53.8 Å². The van der Waals surface area contributed by atoms with Crippen LogP contribution in [0.25, 0.3) is 0 Å². The standard InChI is InChI=1S/C15H23N3O2/c1-18-13-7-8-20-10-12(13)14(17-18)15(19)16-9-11-5-3-2-4-6-11/h11H,2-10H2,1H3,(H,16,19). The Bertz CT molecular complexity index is 490. The third kappa shape index (κ3) is 2.73. The summed E-state index contributed by atoms with van der Waals surface area (Å²) in [6.07, 6.45) is 7.26. The molecule has 0 saturated heterocycles. The molecule has 110 valence electrons. The molecule has 1 N–H and O–H groups in total. The number of nitrogens with zero attached hydrogens (tertiary/aromatic N) is 2. The lowest BCUT2D eigenvalue weighted by Crippen LogP contribution is -2.31. The van der Waals surface area contributed by atoms with E-state index in [9.17, 15) is 4.79 Å². The first-order valence-electron chi connectivity index (χ1n) is 7.66. The lowest BCUT2D eigenvalue weighted by Gasteiger charge is -2.21. The van der Waals surface area contributed by atoms with Gasteiger partial charge in [-0.1, -0.05) is 19.3 Å². The molecule has 2 heterocycles. The highest BCUT2D eigenvalue weighted by Crippen LogP contribution is 2.23. The molecule has 0 aromatic carbocycles. The lowest BCUT2D eigenvalue weighted by atomic mass is 9.89. The molecule has 3 rings (SSSR count). The quantitative estimate of drug-likeness (QED) is 0.916. The fourth-order valence-electron chi connectivity index (χ4n) is 3.30. The number of aromatic nitrogens is 2. The number of carbonyl (C=O) groups is 1. The van der Waals surface area contributed by atoms with Crippen molar-refractivity contribution in [2.24, 2.45) is 13.0 Å². The number of hydrogen-bond acceptors (Lipinski definition) is 3. The Morgan fingerprint density at radius 3 is 3.00 bits per heavy atom. The number of amides is 1. The maximum Gasteiger partial charge on any atom is 0.272 e. The van der Waals surface area contributed by atoms with Crippen molar-refractivity contribution in [3.8, 4) is 0 Å². The summed E-state index contributed by atoms with van der Waals surface area (Å²) in [6.45, 7) is 2.01. The number of carbonyl (C=O) groups excluding carboxylic acids is 1. The van der Waals surface area contributed by atoms with E-state index in [-0.39, 0.29) is 5.91 Å². The maximum atomic E-state index is 12.3. The van der Waals surface area contributed by atoms with E-state index in [0.717, 1.165) is 30.8 Å². The smallest absolute Gasteiger partial charge is 0.272 e. The van der Waals surface area contributed by atoms with Gasteiger partial charge in [0.05, 0.1) is 13.2 Å². The van der Waals surface area contributed by atoms with Crippen LogP contribution in [0.3, 0.4) is 0 Å². The summed E-state index contributed by atoms with van der Waals surface area (Å²) in [6, 6.07) is 0. The van der Waals surface area contributed by atoms with Crippen molar-refractivity contribution in [1.29, 1.82) is 0 Å². The SMILES string of the molecule is Cn1nc(C(=O)NCC2CCCCC2)c2c1CCOC2. The van der Waals surface area contributed by atoms with Crippen molar-refractivity contribution in [3.63, 3.8) is 0 Å². The van der Waals surface area contributed by atoms with Crippen LogP contribution >= 0.6 is 0 Å². The van der Waals surface area contributed by atoms with Crippen LogP contribution in [0.5, 0.6) is 0 Å². The predicted molar refractivity (Wildman–Crippen MR) is 75.5 cm³/mol. The summed E-state index contributed by atoms with van der Waals surface area (Å²) < 4.78 is 7.29. The van der Waals surface area contributed by atoms with Gasteiger partial charge in [-0.3, -0.25) is 9.48 Å². The van der Waals surface area contributed by atoms with E-state index < -0.39 is 0 Å². The van der Waals surface area contributed by atoms with Gasteiger partial charge in [0.15, 0.2) is 5.69 Å². The van der Waals surface area contributed by atoms with E-state index in [1.165, 1.54) is 32.1 Å². The van der Waals surface area contributed by atoms with Crippen molar-refractivity contribution >= 4 is 5.91 Å². The normalized spacial score (nSPS) is 19.6. The third-order valence-corrected chi connectivity index (χ3v) is 4.50. The summed E-state index contributed by atoms with van der Waals surface area (Å²) in [4.78, 5) is 12.3. The lowest BCUT2D eigenvalue weighted by molar-refractivity contribution is 0.0916. The molecule has 1 aliphatic heterocycles. The Morgan fingerprint density at radius 2 is 2.20 bits per heavy atom. The summed E-state index contributed by atoms with van der Waals surface area (Å²) in [7, 11) is 1.90. The molecule has 2 aliphatic rings. The van der Waals surface area contributed by atoms with E-state index in [0.29, 0.717) is 18.2 Å². The Morgan fingerprint density at radius 1 is 1.40 bits per heavy atom. The maximum absolute atomic E-state index is 12.3. The minimum absolute atomic E-state index is 0.0436. The minimum Gasteiger partial charge on any atom is -0.376 e. The molecule has 0 unspecified atom stereocenters. The molecule has 1 aliphatic carbocycles. The van der Waals surface area contributed by atoms with E-state index >= 15 is 0 Å². The number of fused-ring (bicyclic) bond motifs is 1. The van der Waals surface area contributed by atoms with E-state index in [1.54, 1.807) is 0 Å². The largest absolute Gasteiger partial charge is 0.376 e. The second-order valence-electron chi connectivity index (χ2n) is 5.91. The van der Waals surface area contributed by atoms with Gasteiger partial charge >= 0.3 is 0 Å². The number of hydrogen-bond donors (Lipinski definition) is 1. The molecule has 1 saturated carbocycles. The fourth-order valence-corrected chi connectivity index (χ4v) is 3.30. The van der Waals surface area contributed by atoms with E-state index in [1.807, 2.05) is 11.7 Å². The average Bonchev–Trinajstić information content (AvgIpc) is 2.84. The molecule has 5 heteroatoms. The van der Waals surface area contributed by atoms with Crippen LogP contribution in [0.2, 0.25) is 0 Å². The Kier molecular flexibility index (Phi) is 4.05. The fraction of sp³-hybridized carbons (Fsp3) is 0.733. The summed E-state index contributed by atoms with van der Waals surface area (Å²) in [5.74, 6) is 0.599. The zero-order valence-corrected chi connectivity index (χ0v) is 12.2. The minimum atomic E-state index is -0.0436. The topological polar surface area (TPSA) is 56.2 Å². The molecule has 0 atom stereocenters. The molecule has 20 heavy (non-hydrogen) atoms. The molecule has 1 amide bonds. The highest BCUT2D eigenvalue weighted by atomic mass is 16.5. The summed E-state index contributed by atoms with van der Waals surface area (Å²) in [5.41, 5.74) is 2.66. The molecular formula is C15H23N3O2. The van der Waals surface area contributed by atoms with Gasteiger partial charge in [-0.05, 0) is 18.8 Å². The molecule has 0 radical (unpaired) electrons. The van der Waals surface area contributed by atoms with Crippen molar-refractivity contribution in [3.05, 3.63) is 17.0 Å². The molecular weight excluding hydrogens is 254 g/mol. The van der Waals surface area contributed by atoms with E-state index in [4.69, 9.17) is 4.74 Å². The molecule has 1 aromatic heterocycles. The van der Waals surface area contributed by atoms with Gasteiger partial charge in [0, 0.05) is 31.3 Å². The third-order valence-electron chi connectivity index (χ3n) is 4.50. The number of aryl methyl sites for hydroxylation is 1. The zero-order valence-electron chi connectivity index (χ0n) is 12.2. The van der Waals surface area contributed by atoms with Gasteiger partial charge in [0.25, 0.3) is 5.91 Å². The molecule has 5 nitrogen and oxygen atoms in total. The second kappa shape index (κ2) is 5.95. The predicted octanol–water partition coefficient (Wildman–Crippen LogP) is 1.80. The number of ether oxygens (including phenoxy) is 1. The first kappa shape index (κ1) is 13.6. The van der Waals surface area contributed by atoms with Crippen LogP contribution in [0.4, 0.5) is 0 Å². The number of rotatable bonds is 3. The monoisotopic (exact) mass is 277 g/mol. The molecule has 1 aromatic rings. The van der Waals surface area contributed by atoms with Crippen molar-refractivity contribution < 1.29 is 9.53 Å². The van der Waals surface area contributed by atoms with Crippen LogP contribution in [0, 0.1) is 5.92 Å². The Hall–Kier alpha value is -1.36. The molecule has 0 spiro atoms. The van der Waals surface area contributed by atoms with E-state index in [2.05, 4.69) is 10.4 Å². The average molecular weight is 277 g/mol. The van der Waals surface area contributed by atoms with Gasteiger partial charge < -0.3 is 10.1 Å². The Balaban J connectivity index is 1.65. The van der Waals surface area contributed by atoms with Crippen LogP contribution < -0.4 is 5.32 Å². The van der Waals surface area contributed by atoms with Gasteiger partial charge in [-0.25, -0.2) is 0 Å². The van der Waals surface area contributed by atoms with Crippen molar-refractivity contribution in [2.45, 2.75) is 45.1 Å². The second-order valence-corrected chi connectivity index (χ2v) is 5.91. The first-order valence-corrected chi connectivity index (χ1v) is 7.66. The Labute approximate surface area is 119 Å². The highest BCUT2D eigenvalue weighted by molar-refractivity contribution is 5.94. The highest BCUT2D eigenvalue weighted by Gasteiger charge is 2.24. The van der Waals surface area contributed by atoms with Crippen molar-refractivity contribution in [1.82, 2.24) is 15.1 Å². The van der Waals surface area contributed by atoms with Gasteiger partial charge in [0.1, 0.15) is 0 Å². The number of nitrogens with one attached hydrogen (secondary N) is 1. The van der Waals surface area contributed by atoms with Crippen molar-refractivity contribution in [2.75, 3.05) is 13.2 Å². The van der Waals surface area contributed by atoms with Crippen LogP contribution in [0.15, 0.2) is 0 Å². The van der Waals surface area contributed by atoms with Gasteiger partial charge in [0.2, 0.25) is 0 Å². The van der Waals surface area contributed by atoms with Crippen LogP contribution in [-0.4, -0.2) is 28.8 Å². The molecule has 1 fully saturated rings. The van der Waals surface area contributed by atoms with Gasteiger partial charge in [-0.15, -0.1) is 0 Å². The zero-order chi connectivity index (χ0) is 13.9. The van der Waals surface area contributed by atoms with Gasteiger partial charge in [-0.2, -0.15) is 5.10 Å². The summed E-state index contributed by atoms with van der Waals surface area (Å²) in [5, 5.41) is 7.44.